The van der Waals surface area contributed by atoms with Gasteiger partial charge in [-0.2, -0.15) is 24.6 Å². The highest BCUT2D eigenvalue weighted by Gasteiger charge is 2.31. The highest BCUT2D eigenvalue weighted by molar-refractivity contribution is 6.01. The number of anilines is 6. The first-order valence-electron chi connectivity index (χ1n) is 38.2. The van der Waals surface area contributed by atoms with Gasteiger partial charge in [-0.15, -0.1) is 0 Å². The number of carbonyl (C=O) groups excluding carboxylic acids is 4. The number of aliphatic hydroxyl groups is 1. The first-order valence-corrected chi connectivity index (χ1v) is 38.2. The van der Waals surface area contributed by atoms with Gasteiger partial charge in [-0.25, -0.2) is 29.9 Å². The number of aromatic nitrogens is 14. The van der Waals surface area contributed by atoms with E-state index in [2.05, 4.69) is 61.5 Å². The molecule has 3 aliphatic carbocycles. The van der Waals surface area contributed by atoms with Gasteiger partial charge < -0.3 is 41.0 Å². The van der Waals surface area contributed by atoms with E-state index in [1.165, 1.54) is 20.8 Å². The van der Waals surface area contributed by atoms with Crippen LogP contribution in [0, 0.1) is 20.8 Å². The Hall–Kier alpha value is -11.0. The number of piperidine rings is 1. The van der Waals surface area contributed by atoms with Gasteiger partial charge in [0.1, 0.15) is 45.7 Å². The van der Waals surface area contributed by atoms with Crippen molar-refractivity contribution in [1.29, 1.82) is 0 Å². The number of ketones is 3. The van der Waals surface area contributed by atoms with E-state index in [4.69, 9.17) is 29.5 Å². The number of amides is 1. The van der Waals surface area contributed by atoms with Crippen molar-refractivity contribution in [2.75, 3.05) is 68.4 Å². The quantitative estimate of drug-likeness (QED) is 0.0461. The zero-order chi connectivity index (χ0) is 75.7. The summed E-state index contributed by atoms with van der Waals surface area (Å²) in [6.07, 6.45) is 25.1. The Morgan fingerprint density at radius 3 is 1.57 bits per heavy atom. The number of carbonyl (C=O) groups is 4. The molecule has 11 aromatic heterocycles. The number of nitrogens with one attached hydrogen (secondary N) is 5. The minimum Gasteiger partial charge on any atom is -0.460 e. The molecule has 6 N–H and O–H groups in total. The molecule has 17 rings (SSSR count). The second kappa shape index (κ2) is 31.7. The van der Waals surface area contributed by atoms with Crippen LogP contribution in [0.1, 0.15) is 211 Å². The molecule has 14 heterocycles. The molecule has 0 unspecified atom stereocenters. The van der Waals surface area contributed by atoms with Gasteiger partial charge in [-0.3, -0.25) is 52.2 Å². The third-order valence-electron chi connectivity index (χ3n) is 22.4. The van der Waals surface area contributed by atoms with Crippen molar-refractivity contribution in [3.05, 3.63) is 155 Å². The monoisotopic (exact) mass is 1480 g/mol. The molecule has 30 nitrogen and oxygen atoms in total. The number of aliphatic hydroxyl groups excluding tert-OH is 1. The van der Waals surface area contributed by atoms with E-state index >= 15 is 0 Å². The Bertz CT molecular complexity index is 5560. The molecule has 0 radical (unpaired) electrons. The summed E-state index contributed by atoms with van der Waals surface area (Å²) in [6.45, 7) is 17.3. The maximum Gasteiger partial charge on any atom is 0.263 e. The fraction of sp³-hybridized carbons (Fsp3) is 0.456. The number of nitrogens with zero attached hydrogens (tertiary/aromatic N) is 16. The lowest BCUT2D eigenvalue weighted by Crippen LogP contribution is -2.42. The molecule has 1 amide bonds. The molecule has 566 valence electrons. The number of pyridine rings is 5. The minimum atomic E-state index is -0.281. The molecule has 0 atom stereocenters. The van der Waals surface area contributed by atoms with Crippen molar-refractivity contribution < 1.29 is 28.7 Å². The van der Waals surface area contributed by atoms with Crippen molar-refractivity contribution in [3.8, 4) is 0 Å². The number of rotatable bonds is 17. The lowest BCUT2D eigenvalue weighted by Gasteiger charge is -2.28. The fourth-order valence-electron chi connectivity index (χ4n) is 16.9. The summed E-state index contributed by atoms with van der Waals surface area (Å²) in [5, 5.41) is 33.1. The zero-order valence-electron chi connectivity index (χ0n) is 62.4. The molecule has 0 bridgehead atoms. The minimum absolute atomic E-state index is 0.0137. The van der Waals surface area contributed by atoms with Crippen molar-refractivity contribution in [1.82, 2.24) is 88.6 Å². The maximum absolute atomic E-state index is 13.5. The fourth-order valence-corrected chi connectivity index (χ4v) is 16.9. The van der Waals surface area contributed by atoms with Crippen LogP contribution < -0.4 is 43.3 Å². The Labute approximate surface area is 627 Å². The van der Waals surface area contributed by atoms with Crippen LogP contribution in [-0.4, -0.2) is 159 Å². The Morgan fingerprint density at radius 1 is 0.550 bits per heavy atom. The molecule has 11 aromatic rings. The molecule has 0 aromatic carbocycles. The Kier molecular flexibility index (Phi) is 21.4. The summed E-state index contributed by atoms with van der Waals surface area (Å²) in [6, 6.07) is 9.56. The average molecular weight is 1480 g/mol. The highest BCUT2D eigenvalue weighted by atomic mass is 16.3. The van der Waals surface area contributed by atoms with Gasteiger partial charge in [0, 0.05) is 140 Å². The maximum atomic E-state index is 13.5. The van der Waals surface area contributed by atoms with Gasteiger partial charge in [0.05, 0.1) is 36.0 Å². The summed E-state index contributed by atoms with van der Waals surface area (Å²) in [5.74, 6) is 3.45. The standard InChI is InChI=1S/C27H31N7O3.C26H30N8O2.C26H30N6O4/c1-16-21-14-30-27(32-25(21)34(19-5-3-4-6-19)26(36)24(16)17(2)35)31-23-12-22-18(13-29-23)11-20(37-22)15-33-9-7-28-8-10-33;1-15-19-13-29-26(32-24(19)33(18-5-3-4-6-18)25(36)22(15)16(2)35)31-21-9-12-28-23-20(14-30-34(21)23)17-7-10-27-11-8-17;1-15-19-13-27-26(30-24(19)32(18-5-3-4-6-18)25(36)23(15)16(2)34)29-21-8-7-17-14-31(22(35)10-12-33)11-9-20(17)28-21/h11-14,19,28H,3-10,15H2,1-2H3,(H,29,30,31,32);9,12-14,17-18,27H,3-8,10-11H2,1-2H3,(H,29,31,32);7-8,13,18,33H,3-6,9-12,14H2,1-2H3,(H,27,28,29,30). The van der Waals surface area contributed by atoms with E-state index in [-0.39, 0.29) is 87.8 Å². The Balaban J connectivity index is 0.000000130. The number of furan rings is 1. The van der Waals surface area contributed by atoms with Crippen LogP contribution in [0.4, 0.5) is 35.3 Å². The first-order chi connectivity index (χ1) is 52.9. The molecular weight excluding hydrogens is 1390 g/mol. The van der Waals surface area contributed by atoms with Gasteiger partial charge in [-0.1, -0.05) is 44.6 Å². The van der Waals surface area contributed by atoms with E-state index in [9.17, 15) is 33.6 Å². The normalized spacial score (nSPS) is 16.7. The van der Waals surface area contributed by atoms with E-state index in [1.54, 1.807) is 74.9 Å². The van der Waals surface area contributed by atoms with Crippen LogP contribution in [-0.2, 0) is 24.3 Å². The largest absolute Gasteiger partial charge is 0.460 e. The molecule has 6 aliphatic rings. The molecule has 0 spiro atoms. The van der Waals surface area contributed by atoms with Crippen LogP contribution >= 0.6 is 0 Å². The highest BCUT2D eigenvalue weighted by Crippen LogP contribution is 2.37. The first kappa shape index (κ1) is 73.6. The van der Waals surface area contributed by atoms with Crippen molar-refractivity contribution >= 4 is 108 Å². The van der Waals surface area contributed by atoms with Crippen LogP contribution in [0.3, 0.4) is 0 Å². The van der Waals surface area contributed by atoms with E-state index in [0.29, 0.717) is 105 Å². The molecular formula is C79H91N21O9. The number of Topliss-reactive ketones (excluding diaryl/α,β-unsaturated/α-hetero) is 3. The lowest BCUT2D eigenvalue weighted by atomic mass is 9.92. The van der Waals surface area contributed by atoms with Gasteiger partial charge in [0.25, 0.3) is 16.7 Å². The molecule has 3 aliphatic heterocycles. The predicted molar refractivity (Wildman–Crippen MR) is 413 cm³/mol. The summed E-state index contributed by atoms with van der Waals surface area (Å²) in [5.41, 5.74) is 7.98. The van der Waals surface area contributed by atoms with E-state index < -0.39 is 0 Å². The van der Waals surface area contributed by atoms with Gasteiger partial charge in [0.2, 0.25) is 23.8 Å². The summed E-state index contributed by atoms with van der Waals surface area (Å²) < 4.78 is 13.0. The predicted octanol–water partition coefficient (Wildman–Crippen LogP) is 10.2. The zero-order valence-corrected chi connectivity index (χ0v) is 62.4. The molecule has 3 saturated carbocycles. The number of aryl methyl sites for hydroxylation is 3. The van der Waals surface area contributed by atoms with Gasteiger partial charge >= 0.3 is 0 Å². The van der Waals surface area contributed by atoms with Crippen LogP contribution in [0.15, 0.2) is 86.3 Å². The van der Waals surface area contributed by atoms with Gasteiger partial charge in [0.15, 0.2) is 23.0 Å². The molecule has 2 saturated heterocycles. The SMILES string of the molecule is CC(=O)c1c(C)c2cnc(Nc3cc4oc(CN5CCNCC5)cc4cn3)nc2n(C2CCCC2)c1=O.CC(=O)c1c(C)c2cnc(Nc3ccc4c(n3)CCN(C(=O)CCO)C4)nc2n(C2CCCC2)c1=O.CC(=O)c1c(C)c2cnc(Nc3ccnc4c(C5CCNCC5)cnn34)nc2n(C2CCCC2)c1=O. The third-order valence-corrected chi connectivity index (χ3v) is 22.4. The van der Waals surface area contributed by atoms with E-state index in [0.717, 1.165) is 180 Å². The number of hydrogen-bond acceptors (Lipinski definition) is 25. The topological polar surface area (TPSA) is 368 Å². The summed E-state index contributed by atoms with van der Waals surface area (Å²) >= 11 is 0. The second-order valence-electron chi connectivity index (χ2n) is 29.6. The number of hydrogen-bond donors (Lipinski definition) is 6. The summed E-state index contributed by atoms with van der Waals surface area (Å²) in [7, 11) is 0. The van der Waals surface area contributed by atoms with E-state index in [1.807, 2.05) is 36.5 Å². The third kappa shape index (κ3) is 15.0. The van der Waals surface area contributed by atoms with Crippen LogP contribution in [0.2, 0.25) is 0 Å². The smallest absolute Gasteiger partial charge is 0.263 e. The van der Waals surface area contributed by atoms with Crippen molar-refractivity contribution in [2.24, 2.45) is 0 Å². The van der Waals surface area contributed by atoms with Crippen molar-refractivity contribution in [2.45, 2.75) is 181 Å². The summed E-state index contributed by atoms with van der Waals surface area (Å²) in [4.78, 5) is 135. The van der Waals surface area contributed by atoms with Crippen LogP contribution in [0.5, 0.6) is 0 Å². The second-order valence-corrected chi connectivity index (χ2v) is 29.6. The van der Waals surface area contributed by atoms with Crippen LogP contribution in [0.25, 0.3) is 49.7 Å². The lowest BCUT2D eigenvalue weighted by molar-refractivity contribution is -0.132. The van der Waals surface area contributed by atoms with Crippen molar-refractivity contribution in [3.63, 3.8) is 0 Å². The average Bonchev–Trinajstić information content (AvgIpc) is 1.21. The van der Waals surface area contributed by atoms with Gasteiger partial charge in [-0.05, 0) is 152 Å². The Morgan fingerprint density at radius 2 is 1.06 bits per heavy atom. The molecule has 109 heavy (non-hydrogen) atoms. The molecule has 5 fully saturated rings. The molecule has 30 heteroatoms. The number of fused-ring (bicyclic) bond motifs is 6. The number of piperazine rings is 1.